The van der Waals surface area contributed by atoms with Gasteiger partial charge in [0.1, 0.15) is 0 Å². The van der Waals surface area contributed by atoms with Gasteiger partial charge in [0.05, 0.1) is 18.0 Å². The largest absolute Gasteiger partial charge is 0.391 e. The third-order valence-electron chi connectivity index (χ3n) is 4.18. The number of amides is 1. The maximum absolute atomic E-state index is 12.3. The van der Waals surface area contributed by atoms with E-state index in [9.17, 15) is 9.90 Å². The van der Waals surface area contributed by atoms with Crippen LogP contribution in [0.1, 0.15) is 37.0 Å². The Hall–Kier alpha value is -2.34. The third-order valence-corrected chi connectivity index (χ3v) is 4.18. The van der Waals surface area contributed by atoms with Crippen molar-refractivity contribution in [3.8, 4) is 0 Å². The van der Waals surface area contributed by atoms with Crippen LogP contribution in [0, 0.1) is 5.92 Å². The highest BCUT2D eigenvalue weighted by Crippen LogP contribution is 2.17. The zero-order chi connectivity index (χ0) is 17.5. The average molecular weight is 330 g/mol. The molecule has 0 saturated heterocycles. The number of anilines is 2. The van der Waals surface area contributed by atoms with Gasteiger partial charge in [-0.05, 0) is 24.1 Å². The molecule has 3 N–H and O–H groups in total. The van der Waals surface area contributed by atoms with Crippen LogP contribution in [0.3, 0.4) is 0 Å². The van der Waals surface area contributed by atoms with Crippen LogP contribution in [-0.2, 0) is 7.05 Å². The highest BCUT2D eigenvalue weighted by Gasteiger charge is 2.16. The lowest BCUT2D eigenvalue weighted by atomic mass is 9.96. The summed E-state index contributed by atoms with van der Waals surface area (Å²) < 4.78 is 1.71. The molecular weight excluding hydrogens is 304 g/mol. The van der Waals surface area contributed by atoms with Crippen LogP contribution in [0.2, 0.25) is 0 Å². The van der Waals surface area contributed by atoms with Gasteiger partial charge in [-0.15, -0.1) is 0 Å². The number of hydrogen-bond donors (Lipinski definition) is 3. The SMILES string of the molecule is CCC(CC)C(O)CNC(=O)c1cccc(Nc2cnn(C)c2)c1. The monoisotopic (exact) mass is 330 g/mol. The minimum atomic E-state index is -0.513. The predicted octanol–water partition coefficient (Wildman–Crippen LogP) is 2.69. The number of nitrogens with one attached hydrogen (secondary N) is 2. The number of aromatic nitrogens is 2. The Bertz CT molecular complexity index is 665. The zero-order valence-corrected chi connectivity index (χ0v) is 14.5. The lowest BCUT2D eigenvalue weighted by molar-refractivity contribution is 0.0816. The molecule has 0 radical (unpaired) electrons. The van der Waals surface area contributed by atoms with E-state index in [1.165, 1.54) is 0 Å². The van der Waals surface area contributed by atoms with E-state index in [1.54, 1.807) is 23.0 Å². The summed E-state index contributed by atoms with van der Waals surface area (Å²) in [6.07, 6.45) is 4.87. The fourth-order valence-corrected chi connectivity index (χ4v) is 2.69. The minimum absolute atomic E-state index is 0.185. The van der Waals surface area contributed by atoms with Crippen LogP contribution in [0.5, 0.6) is 0 Å². The number of aliphatic hydroxyl groups is 1. The Kier molecular flexibility index (Phi) is 6.37. The van der Waals surface area contributed by atoms with Crippen LogP contribution in [0.15, 0.2) is 36.7 Å². The van der Waals surface area contributed by atoms with E-state index in [1.807, 2.05) is 39.2 Å². The van der Waals surface area contributed by atoms with Crippen molar-refractivity contribution >= 4 is 17.3 Å². The quantitative estimate of drug-likeness (QED) is 0.695. The number of rotatable bonds is 8. The molecule has 0 fully saturated rings. The van der Waals surface area contributed by atoms with Crippen molar-refractivity contribution in [1.82, 2.24) is 15.1 Å². The van der Waals surface area contributed by atoms with Crippen molar-refractivity contribution in [2.45, 2.75) is 32.8 Å². The minimum Gasteiger partial charge on any atom is -0.391 e. The highest BCUT2D eigenvalue weighted by molar-refractivity contribution is 5.95. The molecule has 0 aliphatic carbocycles. The van der Waals surface area contributed by atoms with Gasteiger partial charge in [-0.3, -0.25) is 9.48 Å². The second-order valence-corrected chi connectivity index (χ2v) is 5.96. The van der Waals surface area contributed by atoms with Crippen molar-refractivity contribution in [3.05, 3.63) is 42.2 Å². The molecule has 1 aromatic carbocycles. The molecule has 130 valence electrons. The average Bonchev–Trinajstić information content (AvgIpc) is 2.99. The maximum Gasteiger partial charge on any atom is 0.251 e. The number of carbonyl (C=O) groups is 1. The van der Waals surface area contributed by atoms with E-state index in [0.717, 1.165) is 24.2 Å². The fourth-order valence-electron chi connectivity index (χ4n) is 2.69. The van der Waals surface area contributed by atoms with Gasteiger partial charge < -0.3 is 15.7 Å². The molecule has 2 aromatic rings. The van der Waals surface area contributed by atoms with Gasteiger partial charge in [0.15, 0.2) is 0 Å². The molecule has 0 bridgehead atoms. The number of aliphatic hydroxyl groups excluding tert-OH is 1. The molecule has 1 aromatic heterocycles. The number of carbonyl (C=O) groups excluding carboxylic acids is 1. The van der Waals surface area contributed by atoms with E-state index < -0.39 is 6.10 Å². The zero-order valence-electron chi connectivity index (χ0n) is 14.5. The second kappa shape index (κ2) is 8.49. The molecule has 1 atom stereocenters. The first-order valence-electron chi connectivity index (χ1n) is 8.35. The fraction of sp³-hybridized carbons (Fsp3) is 0.444. The Morgan fingerprint density at radius 3 is 2.67 bits per heavy atom. The van der Waals surface area contributed by atoms with Crippen LogP contribution in [0.25, 0.3) is 0 Å². The second-order valence-electron chi connectivity index (χ2n) is 5.96. The van der Waals surface area contributed by atoms with Crippen LogP contribution in [0.4, 0.5) is 11.4 Å². The van der Waals surface area contributed by atoms with Crippen molar-refractivity contribution in [2.75, 3.05) is 11.9 Å². The van der Waals surface area contributed by atoms with Crippen LogP contribution < -0.4 is 10.6 Å². The Balaban J connectivity index is 1.96. The van der Waals surface area contributed by atoms with Crippen molar-refractivity contribution in [1.29, 1.82) is 0 Å². The molecule has 0 aliphatic heterocycles. The standard InChI is InChI=1S/C18H26N4O2/c1-4-13(5-2)17(23)11-19-18(24)14-7-6-8-15(9-14)21-16-10-20-22(3)12-16/h6-10,12-13,17,21,23H,4-5,11H2,1-3H3,(H,19,24). The summed E-state index contributed by atoms with van der Waals surface area (Å²) in [5.74, 6) is 0.0266. The normalized spacial score (nSPS) is 12.2. The summed E-state index contributed by atoms with van der Waals surface area (Å²) in [5.41, 5.74) is 2.23. The molecule has 2 rings (SSSR count). The Morgan fingerprint density at radius 1 is 1.29 bits per heavy atom. The summed E-state index contributed by atoms with van der Waals surface area (Å²) in [5, 5.41) is 20.2. The predicted molar refractivity (Wildman–Crippen MR) is 95.3 cm³/mol. The molecule has 6 heteroatoms. The molecule has 1 heterocycles. The first-order chi connectivity index (χ1) is 11.5. The highest BCUT2D eigenvalue weighted by atomic mass is 16.3. The number of benzene rings is 1. The van der Waals surface area contributed by atoms with Gasteiger partial charge >= 0.3 is 0 Å². The molecule has 24 heavy (non-hydrogen) atoms. The van der Waals surface area contributed by atoms with Crippen molar-refractivity contribution in [3.63, 3.8) is 0 Å². The lowest BCUT2D eigenvalue weighted by Gasteiger charge is -2.20. The Morgan fingerprint density at radius 2 is 2.04 bits per heavy atom. The van der Waals surface area contributed by atoms with E-state index in [2.05, 4.69) is 15.7 Å². The summed E-state index contributed by atoms with van der Waals surface area (Å²) in [4.78, 5) is 12.3. The molecule has 0 aliphatic rings. The van der Waals surface area contributed by atoms with Crippen molar-refractivity contribution in [2.24, 2.45) is 13.0 Å². The van der Waals surface area contributed by atoms with E-state index in [0.29, 0.717) is 5.56 Å². The Labute approximate surface area is 142 Å². The topological polar surface area (TPSA) is 79.2 Å². The molecular formula is C18H26N4O2. The van der Waals surface area contributed by atoms with Gasteiger partial charge in [-0.25, -0.2) is 0 Å². The van der Waals surface area contributed by atoms with E-state index in [4.69, 9.17) is 0 Å². The van der Waals surface area contributed by atoms with Crippen LogP contribution >= 0.6 is 0 Å². The summed E-state index contributed by atoms with van der Waals surface area (Å²) in [6, 6.07) is 7.26. The molecule has 0 spiro atoms. The maximum atomic E-state index is 12.3. The lowest BCUT2D eigenvalue weighted by Crippen LogP contribution is -2.36. The van der Waals surface area contributed by atoms with Gasteiger partial charge in [-0.1, -0.05) is 32.8 Å². The summed E-state index contributed by atoms with van der Waals surface area (Å²) in [7, 11) is 1.85. The number of hydrogen-bond acceptors (Lipinski definition) is 4. The van der Waals surface area contributed by atoms with Gasteiger partial charge in [0.2, 0.25) is 0 Å². The first-order valence-corrected chi connectivity index (χ1v) is 8.35. The molecule has 1 unspecified atom stereocenters. The smallest absolute Gasteiger partial charge is 0.251 e. The van der Waals surface area contributed by atoms with Gasteiger partial charge in [-0.2, -0.15) is 5.10 Å². The first kappa shape index (κ1) is 18.0. The van der Waals surface area contributed by atoms with Crippen LogP contribution in [-0.4, -0.2) is 33.4 Å². The van der Waals surface area contributed by atoms with Gasteiger partial charge in [0.25, 0.3) is 5.91 Å². The van der Waals surface area contributed by atoms with E-state index >= 15 is 0 Å². The molecule has 0 saturated carbocycles. The molecule has 1 amide bonds. The summed E-state index contributed by atoms with van der Waals surface area (Å²) >= 11 is 0. The summed E-state index contributed by atoms with van der Waals surface area (Å²) in [6.45, 7) is 4.37. The van der Waals surface area contributed by atoms with Crippen molar-refractivity contribution < 1.29 is 9.90 Å². The molecule has 6 nitrogen and oxygen atoms in total. The van der Waals surface area contributed by atoms with E-state index in [-0.39, 0.29) is 18.4 Å². The number of nitrogens with zero attached hydrogens (tertiary/aromatic N) is 2. The number of aryl methyl sites for hydroxylation is 1. The van der Waals surface area contributed by atoms with Gasteiger partial charge in [0, 0.05) is 31.0 Å². The third kappa shape index (κ3) is 4.83.